The van der Waals surface area contributed by atoms with Crippen LogP contribution >= 0.6 is 0 Å². The Kier molecular flexibility index (Phi) is 4.15. The van der Waals surface area contributed by atoms with Gasteiger partial charge in [-0.1, -0.05) is 6.42 Å². The van der Waals surface area contributed by atoms with Crippen molar-refractivity contribution in [3.63, 3.8) is 0 Å². The zero-order chi connectivity index (χ0) is 15.6. The fraction of sp³-hybridized carbons (Fsp3) is 0.462. The highest BCUT2D eigenvalue weighted by molar-refractivity contribution is 6.02. The van der Waals surface area contributed by atoms with E-state index in [0.717, 1.165) is 25.5 Å². The molecular weight excluding hydrogens is 289 g/mol. The summed E-state index contributed by atoms with van der Waals surface area (Å²) < 4.78 is 38.2. The van der Waals surface area contributed by atoms with Crippen molar-refractivity contribution >= 4 is 17.6 Å². The minimum absolute atomic E-state index is 0.0434. The van der Waals surface area contributed by atoms with Gasteiger partial charge in [0.2, 0.25) is 0 Å². The van der Waals surface area contributed by atoms with Crippen molar-refractivity contribution < 1.29 is 27.9 Å². The molecule has 1 aromatic rings. The quantitative estimate of drug-likeness (QED) is 0.927. The van der Waals surface area contributed by atoms with Crippen molar-refractivity contribution in [3.8, 4) is 0 Å². The largest absolute Gasteiger partial charge is 0.476 e. The highest BCUT2D eigenvalue weighted by Gasteiger charge is 2.44. The molecule has 21 heavy (non-hydrogen) atoms. The van der Waals surface area contributed by atoms with Crippen LogP contribution in [0.5, 0.6) is 0 Å². The van der Waals surface area contributed by atoms with E-state index in [0.29, 0.717) is 4.90 Å². The second kappa shape index (κ2) is 5.71. The van der Waals surface area contributed by atoms with E-state index < -0.39 is 23.7 Å². The monoisotopic (exact) mass is 302 g/mol. The van der Waals surface area contributed by atoms with Crippen molar-refractivity contribution in [2.75, 3.05) is 11.4 Å². The molecule has 114 valence electrons. The number of nitrogens with zero attached hydrogens (tertiary/aromatic N) is 2. The van der Waals surface area contributed by atoms with Crippen LogP contribution in [-0.4, -0.2) is 34.7 Å². The topological polar surface area (TPSA) is 70.5 Å². The minimum Gasteiger partial charge on any atom is -0.476 e. The predicted octanol–water partition coefficient (Wildman–Crippen LogP) is 2.48. The number of carbonyl (C=O) groups excluding carboxylic acids is 1. The molecular formula is C13H13F3N2O3. The van der Waals surface area contributed by atoms with Gasteiger partial charge in [0.25, 0.3) is 0 Å². The Labute approximate surface area is 118 Å². The fourth-order valence-electron chi connectivity index (χ4n) is 2.16. The summed E-state index contributed by atoms with van der Waals surface area (Å²) in [5.41, 5.74) is -0.881. The third kappa shape index (κ3) is 3.32. The molecule has 0 radical (unpaired) electrons. The second-order valence-corrected chi connectivity index (χ2v) is 4.89. The standard InChI is InChI=1S/C13H13F3N2O3/c14-13(15,16)12(21)18(7-8-3-1-4-8)9-5-2-6-17-10(9)11(19)20/h2,5-6,8H,1,3-4,7H2,(H,19,20). The first kappa shape index (κ1) is 15.3. The predicted molar refractivity (Wildman–Crippen MR) is 66.9 cm³/mol. The van der Waals surface area contributed by atoms with Gasteiger partial charge in [-0.2, -0.15) is 13.2 Å². The van der Waals surface area contributed by atoms with E-state index >= 15 is 0 Å². The molecule has 1 amide bonds. The third-order valence-corrected chi connectivity index (χ3v) is 3.43. The molecule has 0 aromatic carbocycles. The molecule has 0 unspecified atom stereocenters. The van der Waals surface area contributed by atoms with E-state index in [1.165, 1.54) is 12.1 Å². The summed E-state index contributed by atoms with van der Waals surface area (Å²) in [6, 6.07) is 2.47. The normalized spacial score (nSPS) is 15.4. The van der Waals surface area contributed by atoms with Crippen molar-refractivity contribution in [3.05, 3.63) is 24.0 Å². The Hall–Kier alpha value is -2.12. The number of alkyl halides is 3. The summed E-state index contributed by atoms with van der Waals surface area (Å²) in [5, 5.41) is 9.02. The number of carboxylic acid groups (broad SMARTS) is 1. The molecule has 0 aliphatic heterocycles. The maximum absolute atomic E-state index is 12.7. The number of aromatic nitrogens is 1. The molecule has 1 saturated carbocycles. The molecule has 8 heteroatoms. The molecule has 1 heterocycles. The van der Waals surface area contributed by atoms with Gasteiger partial charge in [-0.05, 0) is 30.9 Å². The number of carbonyl (C=O) groups is 2. The molecule has 0 bridgehead atoms. The summed E-state index contributed by atoms with van der Waals surface area (Å²) in [6.07, 6.45) is -1.55. The van der Waals surface area contributed by atoms with Gasteiger partial charge in [0.05, 0.1) is 5.69 Å². The molecule has 5 nitrogen and oxygen atoms in total. The number of hydrogen-bond donors (Lipinski definition) is 1. The van der Waals surface area contributed by atoms with Crippen LogP contribution < -0.4 is 4.90 Å². The second-order valence-electron chi connectivity index (χ2n) is 4.89. The number of aromatic carboxylic acids is 1. The Morgan fingerprint density at radius 3 is 2.52 bits per heavy atom. The number of amides is 1. The van der Waals surface area contributed by atoms with E-state index in [1.807, 2.05) is 0 Å². The highest BCUT2D eigenvalue weighted by Crippen LogP contribution is 2.32. The van der Waals surface area contributed by atoms with Crippen molar-refractivity contribution in [1.82, 2.24) is 4.98 Å². The Morgan fingerprint density at radius 2 is 2.05 bits per heavy atom. The van der Waals surface area contributed by atoms with Crippen LogP contribution in [0.3, 0.4) is 0 Å². The molecule has 1 aromatic heterocycles. The van der Waals surface area contributed by atoms with Crippen LogP contribution in [0.2, 0.25) is 0 Å². The van der Waals surface area contributed by atoms with Gasteiger partial charge in [-0.3, -0.25) is 4.79 Å². The summed E-state index contributed by atoms with van der Waals surface area (Å²) in [7, 11) is 0. The van der Waals surface area contributed by atoms with E-state index in [9.17, 15) is 22.8 Å². The molecule has 1 N–H and O–H groups in total. The maximum atomic E-state index is 12.7. The van der Waals surface area contributed by atoms with Crippen LogP contribution in [0.1, 0.15) is 29.8 Å². The molecule has 0 saturated heterocycles. The average molecular weight is 302 g/mol. The Bertz CT molecular complexity index is 556. The Morgan fingerprint density at radius 1 is 1.38 bits per heavy atom. The summed E-state index contributed by atoms with van der Waals surface area (Å²) in [6.45, 7) is -0.148. The smallest absolute Gasteiger partial charge is 0.471 e. The molecule has 0 spiro atoms. The van der Waals surface area contributed by atoms with Gasteiger partial charge in [0, 0.05) is 12.7 Å². The van der Waals surface area contributed by atoms with Crippen LogP contribution in [0.4, 0.5) is 18.9 Å². The number of carboxylic acids is 1. The van der Waals surface area contributed by atoms with Crippen LogP contribution in [0.15, 0.2) is 18.3 Å². The van der Waals surface area contributed by atoms with Crippen molar-refractivity contribution in [1.29, 1.82) is 0 Å². The van der Waals surface area contributed by atoms with Gasteiger partial charge in [-0.15, -0.1) is 0 Å². The van der Waals surface area contributed by atoms with Crippen LogP contribution in [-0.2, 0) is 4.79 Å². The number of rotatable bonds is 4. The lowest BCUT2D eigenvalue weighted by Crippen LogP contribution is -2.45. The SMILES string of the molecule is O=C(O)c1ncccc1N(CC1CCC1)C(=O)C(F)(F)F. The molecule has 1 fully saturated rings. The van der Waals surface area contributed by atoms with Gasteiger partial charge < -0.3 is 10.0 Å². The number of anilines is 1. The average Bonchev–Trinajstić information content (AvgIpc) is 2.36. The van der Waals surface area contributed by atoms with E-state index in [1.54, 1.807) is 0 Å². The lowest BCUT2D eigenvalue weighted by atomic mass is 9.85. The van der Waals surface area contributed by atoms with Gasteiger partial charge in [-0.25, -0.2) is 9.78 Å². The summed E-state index contributed by atoms with van der Waals surface area (Å²) in [5.74, 6) is -3.58. The summed E-state index contributed by atoms with van der Waals surface area (Å²) in [4.78, 5) is 26.7. The van der Waals surface area contributed by atoms with E-state index in [4.69, 9.17) is 5.11 Å². The molecule has 1 aliphatic carbocycles. The van der Waals surface area contributed by atoms with Crippen molar-refractivity contribution in [2.24, 2.45) is 5.92 Å². The van der Waals surface area contributed by atoms with Gasteiger partial charge in [0.1, 0.15) is 0 Å². The molecule has 0 atom stereocenters. The number of hydrogen-bond acceptors (Lipinski definition) is 3. The van der Waals surface area contributed by atoms with Crippen LogP contribution in [0, 0.1) is 5.92 Å². The highest BCUT2D eigenvalue weighted by atomic mass is 19.4. The zero-order valence-electron chi connectivity index (χ0n) is 10.9. The Balaban J connectivity index is 2.39. The first-order valence-electron chi connectivity index (χ1n) is 6.37. The van der Waals surface area contributed by atoms with Gasteiger partial charge >= 0.3 is 18.1 Å². The minimum atomic E-state index is -5.06. The number of pyridine rings is 1. The van der Waals surface area contributed by atoms with Gasteiger partial charge in [0.15, 0.2) is 5.69 Å². The zero-order valence-corrected chi connectivity index (χ0v) is 10.9. The third-order valence-electron chi connectivity index (χ3n) is 3.43. The molecule has 1 aliphatic rings. The lowest BCUT2D eigenvalue weighted by molar-refractivity contribution is -0.170. The van der Waals surface area contributed by atoms with Crippen LogP contribution in [0.25, 0.3) is 0 Å². The fourth-order valence-corrected chi connectivity index (χ4v) is 2.16. The van der Waals surface area contributed by atoms with E-state index in [2.05, 4.69) is 4.98 Å². The lowest BCUT2D eigenvalue weighted by Gasteiger charge is -2.33. The molecule has 2 rings (SSSR count). The van der Waals surface area contributed by atoms with Crippen molar-refractivity contribution in [2.45, 2.75) is 25.4 Å². The number of halogens is 3. The maximum Gasteiger partial charge on any atom is 0.471 e. The summed E-state index contributed by atoms with van der Waals surface area (Å²) >= 11 is 0. The first-order chi connectivity index (χ1) is 9.80. The first-order valence-corrected chi connectivity index (χ1v) is 6.37. The van der Waals surface area contributed by atoms with E-state index in [-0.39, 0.29) is 18.2 Å².